The highest BCUT2D eigenvalue weighted by Gasteiger charge is 2.36. The van der Waals surface area contributed by atoms with Crippen molar-refractivity contribution < 1.29 is 19.0 Å². The first kappa shape index (κ1) is 16.7. The minimum Gasteiger partial charge on any atom is -0.497 e. The van der Waals surface area contributed by atoms with Crippen LogP contribution in [-0.4, -0.2) is 47.0 Å². The van der Waals surface area contributed by atoms with Crippen LogP contribution in [0.2, 0.25) is 0 Å². The number of aromatic nitrogens is 4. The average Bonchev–Trinajstić information content (AvgIpc) is 3.08. The molecule has 2 heterocycles. The number of hydrogen-bond acceptors (Lipinski definition) is 8. The summed E-state index contributed by atoms with van der Waals surface area (Å²) in [6.45, 7) is 3.81. The summed E-state index contributed by atoms with van der Waals surface area (Å²) in [5.74, 6) is 1.21. The molecule has 0 spiro atoms. The lowest BCUT2D eigenvalue weighted by Gasteiger charge is -2.28. The molecule has 0 unspecified atom stereocenters. The van der Waals surface area contributed by atoms with Crippen LogP contribution >= 0.6 is 0 Å². The third-order valence-corrected chi connectivity index (χ3v) is 3.94. The molecule has 1 atom stereocenters. The van der Waals surface area contributed by atoms with Gasteiger partial charge in [0.15, 0.2) is 0 Å². The molecule has 25 heavy (non-hydrogen) atoms. The summed E-state index contributed by atoms with van der Waals surface area (Å²) in [7, 11) is 3.13. The Hall–Kier alpha value is -3.10. The molecule has 0 saturated heterocycles. The number of hydrogen-bond donors (Lipinski definition) is 1. The molecule has 1 N–H and O–H groups in total. The van der Waals surface area contributed by atoms with Crippen molar-refractivity contribution in [1.29, 1.82) is 0 Å². The van der Waals surface area contributed by atoms with Gasteiger partial charge >= 0.3 is 5.97 Å². The minimum atomic E-state index is -0.578. The second-order valence-electron chi connectivity index (χ2n) is 5.34. The maximum atomic E-state index is 12.6. The van der Waals surface area contributed by atoms with Gasteiger partial charge in [-0.15, -0.1) is 0 Å². The maximum absolute atomic E-state index is 12.6. The van der Waals surface area contributed by atoms with Gasteiger partial charge in [-0.25, -0.2) is 4.79 Å². The minimum absolute atomic E-state index is 0.268. The fourth-order valence-corrected chi connectivity index (χ4v) is 2.82. The zero-order chi connectivity index (χ0) is 18.0. The van der Waals surface area contributed by atoms with E-state index in [1.165, 1.54) is 4.68 Å². The first-order chi connectivity index (χ1) is 12.1. The van der Waals surface area contributed by atoms with Gasteiger partial charge in [0.2, 0.25) is 5.95 Å². The van der Waals surface area contributed by atoms with Gasteiger partial charge in [0.1, 0.15) is 17.5 Å². The zero-order valence-electron chi connectivity index (χ0n) is 14.4. The average molecular weight is 345 g/mol. The van der Waals surface area contributed by atoms with Crippen LogP contribution in [0.1, 0.15) is 25.5 Å². The third kappa shape index (κ3) is 2.88. The quantitative estimate of drug-likeness (QED) is 0.815. The van der Waals surface area contributed by atoms with Gasteiger partial charge in [-0.3, -0.25) is 0 Å². The Morgan fingerprint density at radius 1 is 1.32 bits per heavy atom. The van der Waals surface area contributed by atoms with E-state index in [0.29, 0.717) is 28.7 Å². The van der Waals surface area contributed by atoms with E-state index in [9.17, 15) is 4.79 Å². The summed E-state index contributed by atoms with van der Waals surface area (Å²) < 4.78 is 17.5. The number of esters is 1. The van der Waals surface area contributed by atoms with Crippen LogP contribution in [0.3, 0.4) is 0 Å². The fourth-order valence-electron chi connectivity index (χ4n) is 2.82. The van der Waals surface area contributed by atoms with E-state index in [1.807, 2.05) is 6.07 Å². The Labute approximate surface area is 144 Å². The lowest BCUT2D eigenvalue weighted by Crippen LogP contribution is -2.30. The summed E-state index contributed by atoms with van der Waals surface area (Å²) in [6, 6.07) is 4.79. The molecule has 0 aliphatic carbocycles. The molecule has 9 nitrogen and oxygen atoms in total. The van der Waals surface area contributed by atoms with Crippen molar-refractivity contribution in [3.05, 3.63) is 35.0 Å². The van der Waals surface area contributed by atoms with E-state index in [1.54, 1.807) is 40.2 Å². The number of benzene rings is 1. The number of ether oxygens (including phenoxy) is 3. The second kappa shape index (κ2) is 6.80. The van der Waals surface area contributed by atoms with Gasteiger partial charge in [0, 0.05) is 17.3 Å². The molecule has 3 rings (SSSR count). The summed E-state index contributed by atoms with van der Waals surface area (Å²) >= 11 is 0. The molecule has 0 bridgehead atoms. The molecule has 0 radical (unpaired) electrons. The molecule has 1 aliphatic rings. The molecular formula is C16H19N5O4. The van der Waals surface area contributed by atoms with Gasteiger partial charge in [-0.05, 0) is 36.4 Å². The van der Waals surface area contributed by atoms with Crippen molar-refractivity contribution in [3.63, 3.8) is 0 Å². The molecule has 1 aromatic carbocycles. The van der Waals surface area contributed by atoms with Gasteiger partial charge in [0.25, 0.3) is 0 Å². The largest absolute Gasteiger partial charge is 0.497 e. The Morgan fingerprint density at radius 2 is 2.12 bits per heavy atom. The fraction of sp³-hybridized carbons (Fsp3) is 0.375. The number of nitrogens with zero attached hydrogens (tertiary/aromatic N) is 4. The van der Waals surface area contributed by atoms with Gasteiger partial charge in [-0.1, -0.05) is 5.10 Å². The Kier molecular flexibility index (Phi) is 4.55. The van der Waals surface area contributed by atoms with Gasteiger partial charge in [-0.2, -0.15) is 4.68 Å². The Balaban J connectivity index is 2.18. The number of carbonyl (C=O) groups is 1. The molecule has 132 valence electrons. The molecule has 0 amide bonds. The molecule has 1 aromatic heterocycles. The highest BCUT2D eigenvalue weighted by molar-refractivity contribution is 5.92. The van der Waals surface area contributed by atoms with E-state index >= 15 is 0 Å². The number of tetrazole rings is 1. The van der Waals surface area contributed by atoms with Gasteiger partial charge in [0.05, 0.1) is 26.4 Å². The van der Waals surface area contributed by atoms with E-state index in [0.717, 1.165) is 5.56 Å². The summed E-state index contributed by atoms with van der Waals surface area (Å²) in [5, 5.41) is 14.7. The van der Waals surface area contributed by atoms with E-state index < -0.39 is 12.0 Å². The van der Waals surface area contributed by atoms with Crippen LogP contribution in [-0.2, 0) is 9.53 Å². The second-order valence-corrected chi connectivity index (χ2v) is 5.34. The lowest BCUT2D eigenvalue weighted by atomic mass is 9.95. The molecule has 0 saturated carbocycles. The number of anilines is 1. The van der Waals surface area contributed by atoms with Crippen LogP contribution in [0.4, 0.5) is 5.95 Å². The van der Waals surface area contributed by atoms with Gasteiger partial charge < -0.3 is 19.5 Å². The highest BCUT2D eigenvalue weighted by Crippen LogP contribution is 2.40. The molecule has 0 fully saturated rings. The number of allylic oxidation sites excluding steroid dienone is 1. The SMILES string of the molecule is CCOC(=O)C1=C(C)Nc2nnnn2[C@@H]1c1ccc(OC)cc1OC. The predicted molar refractivity (Wildman–Crippen MR) is 88.5 cm³/mol. The maximum Gasteiger partial charge on any atom is 0.338 e. The van der Waals surface area contributed by atoms with Crippen LogP contribution in [0.15, 0.2) is 29.5 Å². The normalized spacial score (nSPS) is 16.1. The van der Waals surface area contributed by atoms with E-state index in [2.05, 4.69) is 20.8 Å². The number of carbonyl (C=O) groups excluding carboxylic acids is 1. The van der Waals surface area contributed by atoms with Crippen LogP contribution in [0, 0.1) is 0 Å². The van der Waals surface area contributed by atoms with Crippen LogP contribution < -0.4 is 14.8 Å². The van der Waals surface area contributed by atoms with Crippen molar-refractivity contribution in [2.45, 2.75) is 19.9 Å². The van der Waals surface area contributed by atoms with E-state index in [-0.39, 0.29) is 6.61 Å². The molecule has 1 aliphatic heterocycles. The topological polar surface area (TPSA) is 100 Å². The first-order valence-corrected chi connectivity index (χ1v) is 7.75. The number of rotatable bonds is 5. The third-order valence-electron chi connectivity index (χ3n) is 3.94. The van der Waals surface area contributed by atoms with Crippen LogP contribution in [0.25, 0.3) is 0 Å². The number of methoxy groups -OCH3 is 2. The van der Waals surface area contributed by atoms with Crippen molar-refractivity contribution in [2.24, 2.45) is 0 Å². The smallest absolute Gasteiger partial charge is 0.338 e. The molecular weight excluding hydrogens is 326 g/mol. The zero-order valence-corrected chi connectivity index (χ0v) is 14.4. The van der Waals surface area contributed by atoms with E-state index in [4.69, 9.17) is 14.2 Å². The monoisotopic (exact) mass is 345 g/mol. The summed E-state index contributed by atoms with van der Waals surface area (Å²) in [5.41, 5.74) is 1.77. The lowest BCUT2D eigenvalue weighted by molar-refractivity contribution is -0.139. The van der Waals surface area contributed by atoms with Crippen molar-refractivity contribution in [2.75, 3.05) is 26.1 Å². The number of fused-ring (bicyclic) bond motifs is 1. The van der Waals surface area contributed by atoms with Crippen LogP contribution in [0.5, 0.6) is 11.5 Å². The molecule has 9 heteroatoms. The first-order valence-electron chi connectivity index (χ1n) is 7.75. The van der Waals surface area contributed by atoms with Crippen molar-refractivity contribution >= 4 is 11.9 Å². The standard InChI is InChI=1S/C16H19N5O4/c1-5-25-15(22)13-9(2)17-16-18-19-20-21(16)14(13)11-7-6-10(23-3)8-12(11)24-4/h6-8,14H,5H2,1-4H3,(H,17,18,20)/t14-/m1/s1. The predicted octanol–water partition coefficient (Wildman–Crippen LogP) is 1.54. The van der Waals surface area contributed by atoms with Crippen molar-refractivity contribution in [1.82, 2.24) is 20.2 Å². The Morgan fingerprint density at radius 3 is 2.80 bits per heavy atom. The highest BCUT2D eigenvalue weighted by atomic mass is 16.5. The molecule has 2 aromatic rings. The Bertz CT molecular complexity index is 830. The number of nitrogens with one attached hydrogen (secondary N) is 1. The summed E-state index contributed by atoms with van der Waals surface area (Å²) in [6.07, 6.45) is 0. The summed E-state index contributed by atoms with van der Waals surface area (Å²) in [4.78, 5) is 12.6. The van der Waals surface area contributed by atoms with Crippen molar-refractivity contribution in [3.8, 4) is 11.5 Å².